The fourth-order valence-electron chi connectivity index (χ4n) is 5.61. The average Bonchev–Trinajstić information content (AvgIpc) is 3.62. The minimum Gasteiger partial charge on any atom is -0.483 e. The van der Waals surface area contributed by atoms with Gasteiger partial charge < -0.3 is 24.7 Å². The second-order valence-corrected chi connectivity index (χ2v) is 10.4. The van der Waals surface area contributed by atoms with Crippen molar-refractivity contribution in [3.8, 4) is 16.9 Å². The van der Waals surface area contributed by atoms with E-state index in [4.69, 9.17) is 10.5 Å². The smallest absolute Gasteiger partial charge is 0.253 e. The molecule has 3 aromatic heterocycles. The molecule has 2 N–H and O–H groups in total. The molecule has 8 nitrogen and oxygen atoms in total. The lowest BCUT2D eigenvalue weighted by atomic mass is 10.0. The molecule has 2 saturated heterocycles. The van der Waals surface area contributed by atoms with Crippen molar-refractivity contribution < 1.29 is 9.53 Å². The minimum absolute atomic E-state index is 0.110. The molecule has 2 fully saturated rings. The number of likely N-dealkylation sites (tertiary alicyclic amines) is 2. The van der Waals surface area contributed by atoms with Crippen LogP contribution in [0.3, 0.4) is 0 Å². The Morgan fingerprint density at radius 3 is 2.55 bits per heavy atom. The molecule has 5 heterocycles. The predicted molar refractivity (Wildman–Crippen MR) is 148 cm³/mol. The van der Waals surface area contributed by atoms with Crippen LogP contribution in [0, 0.1) is 6.92 Å². The number of hydrogen-bond acceptors (Lipinski definition) is 6. The van der Waals surface area contributed by atoms with Gasteiger partial charge in [-0.15, -0.1) is 0 Å². The lowest BCUT2D eigenvalue weighted by molar-refractivity contribution is 0.0644. The highest BCUT2D eigenvalue weighted by atomic mass is 16.5. The predicted octanol–water partition coefficient (Wildman–Crippen LogP) is 4.57. The Morgan fingerprint density at radius 2 is 1.79 bits per heavy atom. The Morgan fingerprint density at radius 1 is 1.03 bits per heavy atom. The lowest BCUT2D eigenvalue weighted by Crippen LogP contribution is -2.45. The van der Waals surface area contributed by atoms with E-state index < -0.39 is 0 Å². The second-order valence-electron chi connectivity index (χ2n) is 10.4. The third-order valence-corrected chi connectivity index (χ3v) is 7.80. The molecule has 2 aliphatic rings. The Hall–Kier alpha value is -3.91. The number of hydrogen-bond donors (Lipinski definition) is 1. The van der Waals surface area contributed by atoms with Crippen molar-refractivity contribution in [3.63, 3.8) is 0 Å². The van der Waals surface area contributed by atoms with E-state index in [1.54, 1.807) is 6.20 Å². The van der Waals surface area contributed by atoms with Gasteiger partial charge in [0, 0.05) is 48.8 Å². The maximum Gasteiger partial charge on any atom is 0.253 e. The molecule has 0 saturated carbocycles. The van der Waals surface area contributed by atoms with E-state index in [1.165, 1.54) is 25.9 Å². The zero-order chi connectivity index (χ0) is 26.1. The van der Waals surface area contributed by atoms with Crippen LogP contribution in [-0.4, -0.2) is 62.3 Å². The average molecular weight is 511 g/mol. The van der Waals surface area contributed by atoms with Crippen molar-refractivity contribution in [2.45, 2.75) is 45.3 Å². The molecule has 196 valence electrons. The Labute approximate surface area is 223 Å². The first-order chi connectivity index (χ1) is 18.5. The number of nitrogens with zero attached hydrogens (tertiary/aromatic N) is 5. The van der Waals surface area contributed by atoms with Crippen LogP contribution in [0.1, 0.15) is 47.3 Å². The van der Waals surface area contributed by atoms with Crippen LogP contribution in [0.5, 0.6) is 5.75 Å². The van der Waals surface area contributed by atoms with E-state index in [2.05, 4.69) is 14.9 Å². The van der Waals surface area contributed by atoms with Crippen molar-refractivity contribution in [2.24, 2.45) is 0 Å². The van der Waals surface area contributed by atoms with Crippen LogP contribution < -0.4 is 10.5 Å². The van der Waals surface area contributed by atoms with Crippen molar-refractivity contribution >= 4 is 17.4 Å². The van der Waals surface area contributed by atoms with Crippen LogP contribution in [0.25, 0.3) is 16.8 Å². The van der Waals surface area contributed by atoms with E-state index in [1.807, 2.05) is 71.1 Å². The highest BCUT2D eigenvalue weighted by Gasteiger charge is 2.28. The van der Waals surface area contributed by atoms with Gasteiger partial charge in [-0.1, -0.05) is 12.1 Å². The number of nitrogens with two attached hydrogens (primary N) is 1. The highest BCUT2D eigenvalue weighted by Crippen LogP contribution is 2.29. The molecule has 0 spiro atoms. The van der Waals surface area contributed by atoms with Gasteiger partial charge in [0.25, 0.3) is 5.91 Å². The lowest BCUT2D eigenvalue weighted by Gasteiger charge is -2.36. The first-order valence-electron chi connectivity index (χ1n) is 13.5. The number of aryl methyl sites for hydroxylation is 1. The van der Waals surface area contributed by atoms with Gasteiger partial charge in [-0.3, -0.25) is 4.79 Å². The van der Waals surface area contributed by atoms with Crippen molar-refractivity contribution in [3.05, 3.63) is 77.9 Å². The molecule has 8 heteroatoms. The number of rotatable bonds is 6. The van der Waals surface area contributed by atoms with Gasteiger partial charge in [0.1, 0.15) is 12.3 Å². The normalized spacial score (nSPS) is 16.8. The summed E-state index contributed by atoms with van der Waals surface area (Å²) >= 11 is 0. The summed E-state index contributed by atoms with van der Waals surface area (Å²) in [6, 6.07) is 14.3. The van der Waals surface area contributed by atoms with Crippen LogP contribution in [-0.2, 0) is 6.61 Å². The number of pyridine rings is 2. The SMILES string of the molecule is Cc1ccn2cc(COc3cc(-c4ccc(C(=O)N5CCC(N6CCCC6)CC5)cc4)cnc3N)nc2c1. The summed E-state index contributed by atoms with van der Waals surface area (Å²) in [4.78, 5) is 26.7. The summed E-state index contributed by atoms with van der Waals surface area (Å²) in [5.74, 6) is 0.952. The van der Waals surface area contributed by atoms with Crippen LogP contribution in [0.2, 0.25) is 0 Å². The Bertz CT molecular complexity index is 1430. The first-order valence-corrected chi connectivity index (χ1v) is 13.5. The molecule has 38 heavy (non-hydrogen) atoms. The maximum absolute atomic E-state index is 13.1. The number of carbonyl (C=O) groups excluding carboxylic acids is 1. The number of anilines is 1. The van der Waals surface area contributed by atoms with Crippen molar-refractivity contribution in [1.82, 2.24) is 24.2 Å². The number of imidazole rings is 1. The van der Waals surface area contributed by atoms with E-state index >= 15 is 0 Å². The van der Waals surface area contributed by atoms with Gasteiger partial charge in [0.2, 0.25) is 0 Å². The molecule has 0 unspecified atom stereocenters. The molecule has 4 aromatic rings. The molecule has 2 aliphatic heterocycles. The third-order valence-electron chi connectivity index (χ3n) is 7.80. The van der Waals surface area contributed by atoms with Crippen molar-refractivity contribution in [2.75, 3.05) is 31.9 Å². The van der Waals surface area contributed by atoms with E-state index in [-0.39, 0.29) is 12.5 Å². The molecular weight excluding hydrogens is 476 g/mol. The zero-order valence-electron chi connectivity index (χ0n) is 21.8. The second kappa shape index (κ2) is 10.5. The van der Waals surface area contributed by atoms with Gasteiger partial charge >= 0.3 is 0 Å². The van der Waals surface area contributed by atoms with E-state index in [0.717, 1.165) is 59.5 Å². The third kappa shape index (κ3) is 5.09. The fourth-order valence-corrected chi connectivity index (χ4v) is 5.61. The van der Waals surface area contributed by atoms with Crippen molar-refractivity contribution in [1.29, 1.82) is 0 Å². The molecule has 0 radical (unpaired) electrons. The monoisotopic (exact) mass is 510 g/mol. The fraction of sp³-hybridized carbons (Fsp3) is 0.367. The topological polar surface area (TPSA) is 89.0 Å². The zero-order valence-corrected chi connectivity index (χ0v) is 21.8. The largest absolute Gasteiger partial charge is 0.483 e. The number of amides is 1. The molecule has 0 aliphatic carbocycles. The van der Waals surface area contributed by atoms with Gasteiger partial charge in [-0.2, -0.15) is 0 Å². The highest BCUT2D eigenvalue weighted by molar-refractivity contribution is 5.94. The number of carbonyl (C=O) groups is 1. The summed E-state index contributed by atoms with van der Waals surface area (Å²) in [6.07, 6.45) is 10.4. The summed E-state index contributed by atoms with van der Waals surface area (Å²) in [7, 11) is 0. The van der Waals surface area contributed by atoms with Gasteiger partial charge in [0.15, 0.2) is 11.6 Å². The van der Waals surface area contributed by atoms with E-state index in [9.17, 15) is 4.79 Å². The van der Waals surface area contributed by atoms with Crippen LogP contribution in [0.4, 0.5) is 5.82 Å². The molecule has 0 bridgehead atoms. The standard InChI is InChI=1S/C30H34N6O2/c1-21-8-13-36-19-25(33-28(36)16-21)20-38-27-17-24(18-32-29(27)31)22-4-6-23(7-5-22)30(37)35-14-9-26(10-15-35)34-11-2-3-12-34/h4-8,13,16-19,26H,2-3,9-12,14-15,20H2,1H3,(H2,31,32). The molecule has 1 amide bonds. The van der Waals surface area contributed by atoms with Gasteiger partial charge in [-0.25, -0.2) is 9.97 Å². The summed E-state index contributed by atoms with van der Waals surface area (Å²) in [6.45, 7) is 6.42. The number of ether oxygens (including phenoxy) is 1. The number of piperidine rings is 1. The number of benzene rings is 1. The molecule has 1 aromatic carbocycles. The number of nitrogen functional groups attached to an aromatic ring is 1. The van der Waals surface area contributed by atoms with Crippen LogP contribution >= 0.6 is 0 Å². The maximum atomic E-state index is 13.1. The summed E-state index contributed by atoms with van der Waals surface area (Å²) in [5.41, 5.74) is 11.5. The molecular formula is C30H34N6O2. The summed E-state index contributed by atoms with van der Waals surface area (Å²) in [5, 5.41) is 0. The van der Waals surface area contributed by atoms with Crippen LogP contribution in [0.15, 0.2) is 61.1 Å². The summed E-state index contributed by atoms with van der Waals surface area (Å²) < 4.78 is 7.98. The molecule has 0 atom stereocenters. The Kier molecular flexibility index (Phi) is 6.72. The number of fused-ring (bicyclic) bond motifs is 1. The van der Waals surface area contributed by atoms with E-state index in [0.29, 0.717) is 17.6 Å². The molecule has 6 rings (SSSR count). The van der Waals surface area contributed by atoms with Gasteiger partial charge in [0.05, 0.1) is 5.69 Å². The number of aromatic nitrogens is 3. The quantitative estimate of drug-likeness (QED) is 0.409. The Balaban J connectivity index is 1.10. The first kappa shape index (κ1) is 24.4. The van der Waals surface area contributed by atoms with Gasteiger partial charge in [-0.05, 0) is 87.2 Å². The minimum atomic E-state index is 0.110.